The van der Waals surface area contributed by atoms with Crippen LogP contribution in [0, 0.1) is 0 Å². The Morgan fingerprint density at radius 3 is 1.50 bits per heavy atom. The minimum Gasteiger partial charge on any atom is -0.301 e. The molecular formula is C41H27ClN2. The fourth-order valence-electron chi connectivity index (χ4n) is 6.51. The molecule has 0 radical (unpaired) electrons. The first-order valence-electron chi connectivity index (χ1n) is 14.8. The lowest BCUT2D eigenvalue weighted by Gasteiger charge is -2.26. The maximum absolute atomic E-state index is 6.65. The summed E-state index contributed by atoms with van der Waals surface area (Å²) in [5.74, 6) is 0. The van der Waals surface area contributed by atoms with Gasteiger partial charge in [0, 0.05) is 28.7 Å². The second kappa shape index (κ2) is 11.0. The normalized spacial score (nSPS) is 11.3. The van der Waals surface area contributed by atoms with Crippen LogP contribution in [-0.2, 0) is 0 Å². The second-order valence-electron chi connectivity index (χ2n) is 10.9. The SMILES string of the molecule is Clc1ccnc2c1ccn2-c1cccc2c(-c3ccccc3)c(-c3ccccc3)c(-c3ccccc3)c(-c3ccccc3)c12. The molecule has 2 heterocycles. The first-order chi connectivity index (χ1) is 21.8. The van der Waals surface area contributed by atoms with Crippen molar-refractivity contribution < 1.29 is 0 Å². The number of benzene rings is 6. The van der Waals surface area contributed by atoms with Crippen LogP contribution in [0.3, 0.4) is 0 Å². The molecule has 0 N–H and O–H groups in total. The van der Waals surface area contributed by atoms with Crippen molar-refractivity contribution in [3.05, 3.63) is 169 Å². The topological polar surface area (TPSA) is 17.8 Å². The van der Waals surface area contributed by atoms with Crippen LogP contribution in [0.1, 0.15) is 0 Å². The number of rotatable bonds is 5. The van der Waals surface area contributed by atoms with E-state index in [1.165, 1.54) is 38.8 Å². The Kier molecular flexibility index (Phi) is 6.55. The molecule has 8 aromatic rings. The highest BCUT2D eigenvalue weighted by atomic mass is 35.5. The number of fused-ring (bicyclic) bond motifs is 2. The zero-order valence-electron chi connectivity index (χ0n) is 23.9. The van der Waals surface area contributed by atoms with Crippen LogP contribution in [0.15, 0.2) is 164 Å². The second-order valence-corrected chi connectivity index (χ2v) is 11.3. The maximum atomic E-state index is 6.65. The predicted molar refractivity (Wildman–Crippen MR) is 185 cm³/mol. The van der Waals surface area contributed by atoms with Gasteiger partial charge in [-0.1, -0.05) is 145 Å². The summed E-state index contributed by atoms with van der Waals surface area (Å²) in [4.78, 5) is 4.79. The Morgan fingerprint density at radius 1 is 0.432 bits per heavy atom. The molecule has 0 fully saturated rings. The zero-order chi connectivity index (χ0) is 29.5. The molecule has 3 heteroatoms. The van der Waals surface area contributed by atoms with E-state index in [4.69, 9.17) is 16.6 Å². The van der Waals surface area contributed by atoms with Gasteiger partial charge in [0.2, 0.25) is 0 Å². The van der Waals surface area contributed by atoms with Crippen LogP contribution in [0.2, 0.25) is 5.02 Å². The highest BCUT2D eigenvalue weighted by Gasteiger charge is 2.26. The summed E-state index contributed by atoms with van der Waals surface area (Å²) in [7, 11) is 0. The van der Waals surface area contributed by atoms with E-state index < -0.39 is 0 Å². The Hall–Kier alpha value is -5.44. The van der Waals surface area contributed by atoms with E-state index in [0.717, 1.165) is 33.2 Å². The number of nitrogens with zero attached hydrogens (tertiary/aromatic N) is 2. The van der Waals surface area contributed by atoms with Crippen molar-refractivity contribution in [3.8, 4) is 50.2 Å². The quantitative estimate of drug-likeness (QED) is 0.197. The summed E-state index contributed by atoms with van der Waals surface area (Å²) >= 11 is 6.65. The molecule has 0 aliphatic carbocycles. The van der Waals surface area contributed by atoms with Gasteiger partial charge in [0.15, 0.2) is 0 Å². The summed E-state index contributed by atoms with van der Waals surface area (Å²) in [6.45, 7) is 0. The number of halogens is 1. The molecule has 0 atom stereocenters. The van der Waals surface area contributed by atoms with Gasteiger partial charge in [0.1, 0.15) is 5.65 Å². The fourth-order valence-corrected chi connectivity index (χ4v) is 6.71. The van der Waals surface area contributed by atoms with Gasteiger partial charge < -0.3 is 4.57 Å². The zero-order valence-corrected chi connectivity index (χ0v) is 24.6. The average Bonchev–Trinajstić information content (AvgIpc) is 3.54. The Labute approximate surface area is 261 Å². The third-order valence-electron chi connectivity index (χ3n) is 8.36. The molecule has 0 unspecified atom stereocenters. The van der Waals surface area contributed by atoms with Crippen LogP contribution in [0.4, 0.5) is 0 Å². The van der Waals surface area contributed by atoms with Gasteiger partial charge in [0.05, 0.1) is 10.7 Å². The van der Waals surface area contributed by atoms with Crippen LogP contribution < -0.4 is 0 Å². The summed E-state index contributed by atoms with van der Waals surface area (Å²) < 4.78 is 2.18. The molecule has 0 amide bonds. The fraction of sp³-hybridized carbons (Fsp3) is 0. The van der Waals surface area contributed by atoms with Crippen LogP contribution in [-0.4, -0.2) is 9.55 Å². The Bertz CT molecular complexity index is 2260. The summed E-state index contributed by atoms with van der Waals surface area (Å²) in [6.07, 6.45) is 3.87. The van der Waals surface area contributed by atoms with E-state index in [9.17, 15) is 0 Å². The standard InChI is InChI=1S/C41H27ClN2/c42-34-24-26-43-41-32(34)25-27-44(41)35-23-13-22-33-36(28-14-5-1-6-15-28)37(29-16-7-2-8-17-29)38(30-18-9-3-10-19-30)39(40(33)35)31-20-11-4-12-21-31/h1-27H. The van der Waals surface area contributed by atoms with Crippen molar-refractivity contribution in [2.24, 2.45) is 0 Å². The molecule has 2 nitrogen and oxygen atoms in total. The van der Waals surface area contributed by atoms with E-state index >= 15 is 0 Å². The van der Waals surface area contributed by atoms with Crippen molar-refractivity contribution in [3.63, 3.8) is 0 Å². The minimum atomic E-state index is 0.693. The molecule has 0 saturated heterocycles. The molecule has 0 spiro atoms. The van der Waals surface area contributed by atoms with E-state index in [1.807, 2.05) is 6.07 Å². The monoisotopic (exact) mass is 582 g/mol. The third-order valence-corrected chi connectivity index (χ3v) is 8.69. The number of hydrogen-bond acceptors (Lipinski definition) is 1. The lowest BCUT2D eigenvalue weighted by molar-refractivity contribution is 1.11. The molecule has 44 heavy (non-hydrogen) atoms. The number of aromatic nitrogens is 2. The lowest BCUT2D eigenvalue weighted by atomic mass is 9.78. The molecule has 0 aliphatic heterocycles. The maximum Gasteiger partial charge on any atom is 0.145 e. The van der Waals surface area contributed by atoms with E-state index in [2.05, 4.69) is 156 Å². The molecule has 2 aromatic heterocycles. The predicted octanol–water partition coefficient (Wildman–Crippen LogP) is 11.5. The van der Waals surface area contributed by atoms with Gasteiger partial charge >= 0.3 is 0 Å². The molecule has 0 bridgehead atoms. The molecular weight excluding hydrogens is 556 g/mol. The highest BCUT2D eigenvalue weighted by Crippen LogP contribution is 2.52. The Morgan fingerprint density at radius 2 is 0.932 bits per heavy atom. The third kappa shape index (κ3) is 4.31. The van der Waals surface area contributed by atoms with Gasteiger partial charge in [-0.2, -0.15) is 0 Å². The van der Waals surface area contributed by atoms with Gasteiger partial charge in [-0.25, -0.2) is 4.98 Å². The molecule has 0 aliphatic rings. The largest absolute Gasteiger partial charge is 0.301 e. The van der Waals surface area contributed by atoms with E-state index in [-0.39, 0.29) is 0 Å². The van der Waals surface area contributed by atoms with Gasteiger partial charge in [-0.05, 0) is 62.5 Å². The van der Waals surface area contributed by atoms with Crippen LogP contribution >= 0.6 is 11.6 Å². The summed E-state index contributed by atoms with van der Waals surface area (Å²) in [5, 5.41) is 3.96. The summed E-state index contributed by atoms with van der Waals surface area (Å²) in [5.41, 5.74) is 11.4. The van der Waals surface area contributed by atoms with E-state index in [1.54, 1.807) is 6.20 Å². The van der Waals surface area contributed by atoms with Crippen molar-refractivity contribution in [1.29, 1.82) is 0 Å². The minimum absolute atomic E-state index is 0.693. The molecule has 0 saturated carbocycles. The Balaban J connectivity index is 1.66. The van der Waals surface area contributed by atoms with Crippen LogP contribution in [0.5, 0.6) is 0 Å². The summed E-state index contributed by atoms with van der Waals surface area (Å²) in [6, 6.07) is 53.6. The number of hydrogen-bond donors (Lipinski definition) is 0. The molecule has 208 valence electrons. The van der Waals surface area contributed by atoms with Crippen molar-refractivity contribution in [2.45, 2.75) is 0 Å². The number of pyridine rings is 1. The van der Waals surface area contributed by atoms with Crippen molar-refractivity contribution in [1.82, 2.24) is 9.55 Å². The van der Waals surface area contributed by atoms with Gasteiger partial charge in [-0.3, -0.25) is 0 Å². The highest BCUT2D eigenvalue weighted by molar-refractivity contribution is 6.35. The average molecular weight is 583 g/mol. The van der Waals surface area contributed by atoms with Gasteiger partial charge in [-0.15, -0.1) is 0 Å². The first kappa shape index (κ1) is 26.2. The van der Waals surface area contributed by atoms with Crippen LogP contribution in [0.25, 0.3) is 72.0 Å². The lowest BCUT2D eigenvalue weighted by Crippen LogP contribution is -2.01. The molecule has 6 aromatic carbocycles. The molecule has 8 rings (SSSR count). The van der Waals surface area contributed by atoms with Crippen molar-refractivity contribution >= 4 is 33.4 Å². The van der Waals surface area contributed by atoms with Crippen molar-refractivity contribution in [2.75, 3.05) is 0 Å². The smallest absolute Gasteiger partial charge is 0.145 e. The van der Waals surface area contributed by atoms with Gasteiger partial charge in [0.25, 0.3) is 0 Å². The first-order valence-corrected chi connectivity index (χ1v) is 15.1. The van der Waals surface area contributed by atoms with E-state index in [0.29, 0.717) is 5.02 Å².